The molecule has 7 nitrogen and oxygen atoms in total. The predicted octanol–water partition coefficient (Wildman–Crippen LogP) is 2.83. The van der Waals surface area contributed by atoms with Crippen molar-refractivity contribution in [2.45, 2.75) is 44.2 Å². The molecule has 2 aromatic carbocycles. The molecule has 0 spiro atoms. The highest BCUT2D eigenvalue weighted by Gasteiger charge is 2.35. The number of hydrogen-bond donors (Lipinski definition) is 2. The molecule has 0 bridgehead atoms. The zero-order valence-corrected chi connectivity index (χ0v) is 19.1. The van der Waals surface area contributed by atoms with Gasteiger partial charge in [-0.25, -0.2) is 0 Å². The number of amides is 4. The van der Waals surface area contributed by atoms with Gasteiger partial charge in [-0.05, 0) is 43.0 Å². The maximum atomic E-state index is 12.6. The quantitative estimate of drug-likeness (QED) is 0.520. The summed E-state index contributed by atoms with van der Waals surface area (Å²) in [5.74, 6) is -1.16. The SMILES string of the molecule is O=C(CCCN1C(=O)c2ccc(Br)cc2C1=O)NC(Cc1ccccc1)C(=O)NC1CC1. The molecule has 1 heterocycles. The zero-order chi connectivity index (χ0) is 22.7. The Morgan fingerprint density at radius 2 is 1.75 bits per heavy atom. The molecule has 32 heavy (non-hydrogen) atoms. The van der Waals surface area contributed by atoms with Crippen LogP contribution in [0.5, 0.6) is 0 Å². The van der Waals surface area contributed by atoms with Crippen LogP contribution >= 0.6 is 15.9 Å². The highest BCUT2D eigenvalue weighted by atomic mass is 79.9. The van der Waals surface area contributed by atoms with Crippen molar-refractivity contribution >= 4 is 39.6 Å². The summed E-state index contributed by atoms with van der Waals surface area (Å²) in [6.07, 6.45) is 2.77. The molecule has 2 aromatic rings. The number of hydrogen-bond acceptors (Lipinski definition) is 4. The monoisotopic (exact) mass is 497 g/mol. The molecule has 1 atom stereocenters. The van der Waals surface area contributed by atoms with Crippen LogP contribution in [0.3, 0.4) is 0 Å². The fourth-order valence-electron chi connectivity index (χ4n) is 3.72. The maximum absolute atomic E-state index is 12.6. The van der Waals surface area contributed by atoms with Crippen molar-refractivity contribution in [3.63, 3.8) is 0 Å². The first-order valence-electron chi connectivity index (χ1n) is 10.7. The molecular weight excluding hydrogens is 474 g/mol. The summed E-state index contributed by atoms with van der Waals surface area (Å²) < 4.78 is 0.729. The number of fused-ring (bicyclic) bond motifs is 1. The van der Waals surface area contributed by atoms with Gasteiger partial charge in [-0.15, -0.1) is 0 Å². The smallest absolute Gasteiger partial charge is 0.261 e. The Hall–Kier alpha value is -3.00. The van der Waals surface area contributed by atoms with Gasteiger partial charge in [0, 0.05) is 29.9 Å². The Kier molecular flexibility index (Phi) is 6.69. The van der Waals surface area contributed by atoms with Crippen molar-refractivity contribution in [3.05, 3.63) is 69.7 Å². The van der Waals surface area contributed by atoms with Crippen LogP contribution in [0.4, 0.5) is 0 Å². The number of nitrogens with zero attached hydrogens (tertiary/aromatic N) is 1. The summed E-state index contributed by atoms with van der Waals surface area (Å²) in [6, 6.07) is 14.1. The van der Waals surface area contributed by atoms with Crippen molar-refractivity contribution in [3.8, 4) is 0 Å². The van der Waals surface area contributed by atoms with Crippen LogP contribution in [0.1, 0.15) is 52.0 Å². The van der Waals surface area contributed by atoms with Crippen LogP contribution in [0.25, 0.3) is 0 Å². The molecule has 1 saturated carbocycles. The summed E-state index contributed by atoms with van der Waals surface area (Å²) in [5.41, 5.74) is 1.71. The van der Waals surface area contributed by atoms with Crippen LogP contribution < -0.4 is 10.6 Å². The molecule has 2 aliphatic rings. The first kappa shape index (κ1) is 22.2. The Morgan fingerprint density at radius 1 is 1.03 bits per heavy atom. The molecule has 1 unspecified atom stereocenters. The van der Waals surface area contributed by atoms with Gasteiger partial charge >= 0.3 is 0 Å². The van der Waals surface area contributed by atoms with Crippen molar-refractivity contribution in [1.82, 2.24) is 15.5 Å². The zero-order valence-electron chi connectivity index (χ0n) is 17.5. The van der Waals surface area contributed by atoms with E-state index in [2.05, 4.69) is 26.6 Å². The van der Waals surface area contributed by atoms with E-state index >= 15 is 0 Å². The third-order valence-electron chi connectivity index (χ3n) is 5.58. The summed E-state index contributed by atoms with van der Waals surface area (Å²) in [7, 11) is 0. The summed E-state index contributed by atoms with van der Waals surface area (Å²) in [4.78, 5) is 51.4. The lowest BCUT2D eigenvalue weighted by Crippen LogP contribution is -2.48. The number of benzene rings is 2. The summed E-state index contributed by atoms with van der Waals surface area (Å²) >= 11 is 3.31. The molecule has 0 saturated heterocycles. The van der Waals surface area contributed by atoms with E-state index in [1.165, 1.54) is 4.90 Å². The van der Waals surface area contributed by atoms with E-state index < -0.39 is 6.04 Å². The second-order valence-corrected chi connectivity index (χ2v) is 9.06. The van der Waals surface area contributed by atoms with Crippen molar-refractivity contribution in [2.75, 3.05) is 6.54 Å². The molecule has 4 amide bonds. The molecule has 1 fully saturated rings. The topological polar surface area (TPSA) is 95.6 Å². The second kappa shape index (κ2) is 9.65. The number of nitrogens with one attached hydrogen (secondary N) is 2. The fraction of sp³-hybridized carbons (Fsp3) is 0.333. The van der Waals surface area contributed by atoms with Gasteiger partial charge in [-0.1, -0.05) is 46.3 Å². The number of carbonyl (C=O) groups excluding carboxylic acids is 4. The highest BCUT2D eigenvalue weighted by molar-refractivity contribution is 9.10. The molecule has 166 valence electrons. The third kappa shape index (κ3) is 5.24. The molecule has 8 heteroatoms. The molecule has 0 radical (unpaired) electrons. The Balaban J connectivity index is 1.31. The minimum Gasteiger partial charge on any atom is -0.352 e. The summed E-state index contributed by atoms with van der Waals surface area (Å²) in [5, 5.41) is 5.78. The van der Waals surface area contributed by atoms with E-state index in [1.54, 1.807) is 18.2 Å². The van der Waals surface area contributed by atoms with Gasteiger partial charge in [0.25, 0.3) is 11.8 Å². The number of rotatable bonds is 9. The van der Waals surface area contributed by atoms with Gasteiger partial charge in [0.2, 0.25) is 11.8 Å². The Bertz CT molecular complexity index is 1050. The number of carbonyl (C=O) groups is 4. The van der Waals surface area contributed by atoms with Crippen molar-refractivity contribution in [1.29, 1.82) is 0 Å². The van der Waals surface area contributed by atoms with Crippen LogP contribution in [-0.2, 0) is 16.0 Å². The van der Waals surface area contributed by atoms with Crippen LogP contribution in [-0.4, -0.2) is 47.2 Å². The second-order valence-electron chi connectivity index (χ2n) is 8.15. The van der Waals surface area contributed by atoms with E-state index in [1.807, 2.05) is 30.3 Å². The Morgan fingerprint density at radius 3 is 2.47 bits per heavy atom. The number of halogens is 1. The average Bonchev–Trinajstić information content (AvgIpc) is 3.56. The van der Waals surface area contributed by atoms with Gasteiger partial charge in [0.1, 0.15) is 6.04 Å². The maximum Gasteiger partial charge on any atom is 0.261 e. The van der Waals surface area contributed by atoms with Gasteiger partial charge < -0.3 is 10.6 Å². The molecule has 0 aromatic heterocycles. The minimum absolute atomic E-state index is 0.110. The molecule has 4 rings (SSSR count). The lowest BCUT2D eigenvalue weighted by Gasteiger charge is -2.19. The lowest BCUT2D eigenvalue weighted by atomic mass is 10.0. The third-order valence-corrected chi connectivity index (χ3v) is 6.07. The van der Waals surface area contributed by atoms with E-state index in [9.17, 15) is 19.2 Å². The molecular formula is C24H24BrN3O4. The van der Waals surface area contributed by atoms with Crippen LogP contribution in [0.2, 0.25) is 0 Å². The Labute approximate surface area is 194 Å². The predicted molar refractivity (Wildman–Crippen MR) is 122 cm³/mol. The van der Waals surface area contributed by atoms with Gasteiger partial charge in [0.05, 0.1) is 11.1 Å². The van der Waals surface area contributed by atoms with Crippen LogP contribution in [0.15, 0.2) is 53.0 Å². The molecule has 2 N–H and O–H groups in total. The van der Waals surface area contributed by atoms with E-state index in [0.29, 0.717) is 24.0 Å². The lowest BCUT2D eigenvalue weighted by molar-refractivity contribution is -0.129. The standard InChI is InChI=1S/C24H24BrN3O4/c25-16-8-11-18-19(14-16)24(32)28(23(18)31)12-4-7-21(29)27-20(22(30)26-17-9-10-17)13-15-5-2-1-3-6-15/h1-3,5-6,8,11,14,17,20H,4,7,9-10,12-13H2,(H,26,30)(H,27,29). The van der Waals surface area contributed by atoms with E-state index in [4.69, 9.17) is 0 Å². The fourth-order valence-corrected chi connectivity index (χ4v) is 4.08. The largest absolute Gasteiger partial charge is 0.352 e. The summed E-state index contributed by atoms with van der Waals surface area (Å²) in [6.45, 7) is 0.148. The first-order valence-corrected chi connectivity index (χ1v) is 11.5. The van der Waals surface area contributed by atoms with Gasteiger partial charge in [-0.3, -0.25) is 24.1 Å². The van der Waals surface area contributed by atoms with Gasteiger partial charge in [0.15, 0.2) is 0 Å². The minimum atomic E-state index is -0.665. The van der Waals surface area contributed by atoms with Gasteiger partial charge in [-0.2, -0.15) is 0 Å². The first-order chi connectivity index (χ1) is 15.4. The van der Waals surface area contributed by atoms with Crippen molar-refractivity contribution in [2.24, 2.45) is 0 Å². The van der Waals surface area contributed by atoms with E-state index in [0.717, 1.165) is 22.9 Å². The van der Waals surface area contributed by atoms with E-state index in [-0.39, 0.29) is 42.6 Å². The highest BCUT2D eigenvalue weighted by Crippen LogP contribution is 2.26. The number of imide groups is 1. The molecule has 1 aliphatic heterocycles. The normalized spacial score (nSPS) is 16.0. The van der Waals surface area contributed by atoms with Crippen LogP contribution in [0, 0.1) is 0 Å². The van der Waals surface area contributed by atoms with Crippen molar-refractivity contribution < 1.29 is 19.2 Å². The molecule has 1 aliphatic carbocycles. The average molecular weight is 498 g/mol.